The number of carbonyl (C=O) groups excluding carboxylic acids is 1. The fourth-order valence-corrected chi connectivity index (χ4v) is 3.41. The summed E-state index contributed by atoms with van der Waals surface area (Å²) in [5, 5.41) is 10.8. The van der Waals surface area contributed by atoms with Crippen molar-refractivity contribution < 1.29 is 14.3 Å². The molecule has 1 aromatic carbocycles. The molecule has 0 radical (unpaired) electrons. The maximum absolute atomic E-state index is 13.3. The Bertz CT molecular complexity index is 755. The number of piperidine rings is 1. The highest BCUT2D eigenvalue weighted by molar-refractivity contribution is 5.97. The van der Waals surface area contributed by atoms with Crippen molar-refractivity contribution in [3.8, 4) is 11.5 Å². The summed E-state index contributed by atoms with van der Waals surface area (Å²) in [7, 11) is 0. The first kappa shape index (κ1) is 20.2. The summed E-state index contributed by atoms with van der Waals surface area (Å²) in [6, 6.07) is 7.42. The number of aromatic nitrogens is 2. The van der Waals surface area contributed by atoms with Crippen LogP contribution in [0.4, 0.5) is 5.69 Å². The van der Waals surface area contributed by atoms with Crippen molar-refractivity contribution in [2.75, 3.05) is 31.6 Å². The van der Waals surface area contributed by atoms with E-state index in [9.17, 15) is 4.79 Å². The van der Waals surface area contributed by atoms with Crippen LogP contribution >= 0.6 is 0 Å². The van der Waals surface area contributed by atoms with Crippen LogP contribution in [0.1, 0.15) is 39.5 Å². The molecule has 0 aliphatic carbocycles. The van der Waals surface area contributed by atoms with Crippen molar-refractivity contribution in [2.45, 2.75) is 45.1 Å². The molecule has 0 atom stereocenters. The molecule has 7 heteroatoms. The van der Waals surface area contributed by atoms with Crippen molar-refractivity contribution in [1.82, 2.24) is 15.1 Å². The molecule has 152 valence electrons. The second kappa shape index (κ2) is 9.59. The molecule has 2 heterocycles. The van der Waals surface area contributed by atoms with Gasteiger partial charge in [-0.2, -0.15) is 5.10 Å². The van der Waals surface area contributed by atoms with Gasteiger partial charge in [0.25, 0.3) is 5.91 Å². The van der Waals surface area contributed by atoms with Gasteiger partial charge in [-0.25, -0.2) is 0 Å². The van der Waals surface area contributed by atoms with Gasteiger partial charge in [-0.05, 0) is 57.0 Å². The Morgan fingerprint density at radius 1 is 1.18 bits per heavy atom. The van der Waals surface area contributed by atoms with Gasteiger partial charge < -0.3 is 20.1 Å². The zero-order valence-corrected chi connectivity index (χ0v) is 16.7. The van der Waals surface area contributed by atoms with E-state index < -0.39 is 5.54 Å². The van der Waals surface area contributed by atoms with Crippen LogP contribution in [0.3, 0.4) is 0 Å². The van der Waals surface area contributed by atoms with E-state index >= 15 is 0 Å². The molecule has 1 saturated heterocycles. The van der Waals surface area contributed by atoms with Gasteiger partial charge in [-0.3, -0.25) is 9.48 Å². The minimum atomic E-state index is -0.684. The van der Waals surface area contributed by atoms with Gasteiger partial charge >= 0.3 is 0 Å². The van der Waals surface area contributed by atoms with Crippen LogP contribution < -0.4 is 20.1 Å². The Kier molecular flexibility index (Phi) is 6.92. The first-order valence-corrected chi connectivity index (χ1v) is 10.1. The van der Waals surface area contributed by atoms with E-state index in [0.29, 0.717) is 43.2 Å². The fraction of sp³-hybridized carbons (Fsp3) is 0.524. The first-order chi connectivity index (χ1) is 13.7. The highest BCUT2D eigenvalue weighted by Gasteiger charge is 2.42. The molecule has 0 bridgehead atoms. The summed E-state index contributed by atoms with van der Waals surface area (Å²) in [5.74, 6) is 1.31. The highest BCUT2D eigenvalue weighted by atomic mass is 16.5. The van der Waals surface area contributed by atoms with Gasteiger partial charge in [0, 0.05) is 24.1 Å². The number of anilines is 1. The minimum absolute atomic E-state index is 0.0543. The summed E-state index contributed by atoms with van der Waals surface area (Å²) >= 11 is 0. The number of nitrogens with zero attached hydrogens (tertiary/aromatic N) is 2. The molecule has 0 spiro atoms. The summed E-state index contributed by atoms with van der Waals surface area (Å²) < 4.78 is 13.4. The van der Waals surface area contributed by atoms with Gasteiger partial charge in [0.05, 0.1) is 13.2 Å². The van der Waals surface area contributed by atoms with Gasteiger partial charge in [-0.15, -0.1) is 0 Å². The van der Waals surface area contributed by atoms with Crippen LogP contribution in [0, 0.1) is 0 Å². The number of amides is 1. The molecule has 2 aromatic rings. The number of hydrogen-bond donors (Lipinski definition) is 2. The smallest absolute Gasteiger partial charge is 0.252 e. The molecular weight excluding hydrogens is 356 g/mol. The van der Waals surface area contributed by atoms with Crippen molar-refractivity contribution >= 4 is 11.6 Å². The third kappa shape index (κ3) is 4.47. The molecular formula is C21H30N4O3. The van der Waals surface area contributed by atoms with Crippen molar-refractivity contribution in [3.63, 3.8) is 0 Å². The van der Waals surface area contributed by atoms with E-state index in [1.165, 1.54) is 0 Å². The highest BCUT2D eigenvalue weighted by Crippen LogP contribution is 2.33. The minimum Gasteiger partial charge on any atom is -0.490 e. The SMILES string of the molecule is CCCOc1ccc(NC(=O)C2(n3cccn3)CCNCC2)cc1OCCC. The molecule has 3 rings (SSSR count). The molecule has 1 aromatic heterocycles. The molecule has 1 aliphatic rings. The lowest BCUT2D eigenvalue weighted by atomic mass is 9.87. The number of rotatable bonds is 9. The van der Waals surface area contributed by atoms with Gasteiger partial charge in [0.2, 0.25) is 0 Å². The van der Waals surface area contributed by atoms with Crippen LogP contribution in [0.15, 0.2) is 36.7 Å². The average molecular weight is 386 g/mol. The normalized spacial score (nSPS) is 15.8. The van der Waals surface area contributed by atoms with Crippen LogP contribution in [0.2, 0.25) is 0 Å². The zero-order chi connectivity index (χ0) is 19.8. The van der Waals surface area contributed by atoms with Crippen molar-refractivity contribution in [1.29, 1.82) is 0 Å². The first-order valence-electron chi connectivity index (χ1n) is 10.1. The molecule has 1 amide bonds. The third-order valence-electron chi connectivity index (χ3n) is 4.92. The third-order valence-corrected chi connectivity index (χ3v) is 4.92. The van der Waals surface area contributed by atoms with Gasteiger partial charge in [0.15, 0.2) is 11.5 Å². The second-order valence-electron chi connectivity index (χ2n) is 7.04. The molecule has 1 aliphatic heterocycles. The standard InChI is InChI=1S/C21H30N4O3/c1-3-14-27-18-7-6-17(16-19(18)28-15-4-2)24-20(26)21(8-11-22-12-9-21)25-13-5-10-23-25/h5-7,10,13,16,22H,3-4,8-9,11-12,14-15H2,1-2H3,(H,24,26). The van der Waals surface area contributed by atoms with E-state index in [-0.39, 0.29) is 5.91 Å². The maximum Gasteiger partial charge on any atom is 0.252 e. The largest absolute Gasteiger partial charge is 0.490 e. The monoisotopic (exact) mass is 386 g/mol. The van der Waals surface area contributed by atoms with Crippen molar-refractivity contribution in [3.05, 3.63) is 36.7 Å². The molecule has 0 unspecified atom stereocenters. The lowest BCUT2D eigenvalue weighted by Gasteiger charge is -2.36. The number of ether oxygens (including phenoxy) is 2. The Morgan fingerprint density at radius 3 is 2.54 bits per heavy atom. The van der Waals surface area contributed by atoms with E-state index in [0.717, 1.165) is 25.9 Å². The summed E-state index contributed by atoms with van der Waals surface area (Å²) in [6.07, 6.45) is 6.79. The fourth-order valence-electron chi connectivity index (χ4n) is 3.41. The van der Waals surface area contributed by atoms with E-state index in [1.807, 2.05) is 30.5 Å². The van der Waals surface area contributed by atoms with Gasteiger partial charge in [0.1, 0.15) is 5.54 Å². The average Bonchev–Trinajstić information content (AvgIpc) is 3.27. The number of nitrogens with one attached hydrogen (secondary N) is 2. The summed E-state index contributed by atoms with van der Waals surface area (Å²) in [6.45, 7) is 6.91. The van der Waals surface area contributed by atoms with Crippen LogP contribution in [0.5, 0.6) is 11.5 Å². The molecule has 7 nitrogen and oxygen atoms in total. The number of hydrogen-bond acceptors (Lipinski definition) is 5. The number of benzene rings is 1. The van der Waals surface area contributed by atoms with Crippen LogP contribution in [-0.2, 0) is 10.3 Å². The molecule has 2 N–H and O–H groups in total. The van der Waals surface area contributed by atoms with E-state index in [4.69, 9.17) is 9.47 Å². The van der Waals surface area contributed by atoms with E-state index in [1.54, 1.807) is 10.9 Å². The van der Waals surface area contributed by atoms with Crippen LogP contribution in [-0.4, -0.2) is 42.0 Å². The van der Waals surface area contributed by atoms with Gasteiger partial charge in [-0.1, -0.05) is 13.8 Å². The Hall–Kier alpha value is -2.54. The maximum atomic E-state index is 13.3. The predicted octanol–water partition coefficient (Wildman–Crippen LogP) is 3.18. The topological polar surface area (TPSA) is 77.4 Å². The Morgan fingerprint density at radius 2 is 1.89 bits per heavy atom. The summed E-state index contributed by atoms with van der Waals surface area (Å²) in [4.78, 5) is 13.3. The zero-order valence-electron chi connectivity index (χ0n) is 16.7. The quantitative estimate of drug-likeness (QED) is 0.692. The molecule has 0 saturated carbocycles. The Balaban J connectivity index is 1.81. The number of carbonyl (C=O) groups is 1. The lowest BCUT2D eigenvalue weighted by Crippen LogP contribution is -2.52. The lowest BCUT2D eigenvalue weighted by molar-refractivity contribution is -0.126. The summed E-state index contributed by atoms with van der Waals surface area (Å²) in [5.41, 5.74) is 0.0151. The van der Waals surface area contributed by atoms with Crippen molar-refractivity contribution in [2.24, 2.45) is 0 Å². The van der Waals surface area contributed by atoms with E-state index in [2.05, 4.69) is 29.6 Å². The molecule has 1 fully saturated rings. The van der Waals surface area contributed by atoms with Crippen LogP contribution in [0.25, 0.3) is 0 Å². The Labute approximate surface area is 166 Å². The molecule has 28 heavy (non-hydrogen) atoms. The predicted molar refractivity (Wildman–Crippen MR) is 109 cm³/mol. The second-order valence-corrected chi connectivity index (χ2v) is 7.04.